The number of rotatable bonds is 8. The van der Waals surface area contributed by atoms with Crippen LogP contribution in [0.3, 0.4) is 0 Å². The molecule has 0 spiro atoms. The lowest BCUT2D eigenvalue weighted by Gasteiger charge is -2.32. The number of amidine groups is 1. The molecule has 7 nitrogen and oxygen atoms in total. The normalized spacial score (nSPS) is 20.9. The zero-order valence-corrected chi connectivity index (χ0v) is 21.9. The van der Waals surface area contributed by atoms with Crippen molar-refractivity contribution in [1.29, 1.82) is 0 Å². The minimum Gasteiger partial charge on any atom is -0.392 e. The number of fused-ring (bicyclic) bond motifs is 2. The van der Waals surface area contributed by atoms with Gasteiger partial charge in [0.1, 0.15) is 5.84 Å². The summed E-state index contributed by atoms with van der Waals surface area (Å²) in [5.74, 6) is 0.125. The average molecular weight is 503 g/mol. The number of likely N-dealkylation sites (N-methyl/N-ethyl adjacent to an activating group) is 1. The summed E-state index contributed by atoms with van der Waals surface area (Å²) in [4.78, 5) is 35.9. The molecule has 196 valence electrons. The smallest absolute Gasteiger partial charge is 0.272 e. The Morgan fingerprint density at radius 3 is 2.62 bits per heavy atom. The minimum atomic E-state index is -1.04. The molecule has 0 saturated heterocycles. The van der Waals surface area contributed by atoms with Gasteiger partial charge in [-0.2, -0.15) is 0 Å². The lowest BCUT2D eigenvalue weighted by molar-refractivity contribution is -0.133. The summed E-state index contributed by atoms with van der Waals surface area (Å²) in [5.41, 5.74) is 4.25. The molecule has 3 aliphatic rings. The predicted molar refractivity (Wildman–Crippen MR) is 145 cm³/mol. The van der Waals surface area contributed by atoms with Crippen LogP contribution >= 0.6 is 0 Å². The second-order valence-electron chi connectivity index (χ2n) is 10.7. The summed E-state index contributed by atoms with van der Waals surface area (Å²) < 4.78 is 0. The molecule has 1 saturated carbocycles. The van der Waals surface area contributed by atoms with Gasteiger partial charge in [-0.1, -0.05) is 69.0 Å². The van der Waals surface area contributed by atoms with Crippen molar-refractivity contribution in [1.82, 2.24) is 10.2 Å². The number of carbonyl (C=O) groups excluding carboxylic acids is 2. The topological polar surface area (TPSA) is 85.2 Å². The Morgan fingerprint density at radius 2 is 1.86 bits per heavy atom. The molecule has 1 fully saturated rings. The second-order valence-corrected chi connectivity index (χ2v) is 10.7. The van der Waals surface area contributed by atoms with E-state index in [-0.39, 0.29) is 11.8 Å². The number of benzene rings is 2. The number of aliphatic hydroxyl groups excluding tert-OH is 1. The molecule has 2 aliphatic heterocycles. The number of anilines is 1. The summed E-state index contributed by atoms with van der Waals surface area (Å²) in [7, 11) is 1.74. The Labute approximate surface area is 219 Å². The number of hydrogen-bond acceptors (Lipinski definition) is 5. The standard InChI is InChI=1S/C30H38N4O3/c1-3-4-13-26(35)24(18-20-14-15-20)29(36)32-27-30(37)33(2)25-12-8-7-11-23(25)28(31-27)34-17-16-21-9-5-6-10-22(21)19-34/h5-12,20,24,26-27,35H,3-4,13-19H2,1-2H3,(H,32,36)/t24?,26?,27-/m1/s1. The number of aliphatic imine (C=N–C) groups is 1. The van der Waals surface area contributed by atoms with E-state index >= 15 is 0 Å². The lowest BCUT2D eigenvalue weighted by atomic mass is 9.91. The van der Waals surface area contributed by atoms with E-state index in [9.17, 15) is 14.7 Å². The molecule has 3 atom stereocenters. The largest absolute Gasteiger partial charge is 0.392 e. The summed E-state index contributed by atoms with van der Waals surface area (Å²) in [5, 5.41) is 13.8. The molecule has 1 aliphatic carbocycles. The van der Waals surface area contributed by atoms with E-state index in [0.29, 0.717) is 25.3 Å². The van der Waals surface area contributed by atoms with E-state index in [0.717, 1.165) is 55.7 Å². The van der Waals surface area contributed by atoms with Gasteiger partial charge in [0.2, 0.25) is 12.1 Å². The maximum atomic E-state index is 13.6. The molecule has 2 aromatic carbocycles. The van der Waals surface area contributed by atoms with Crippen molar-refractivity contribution in [3.05, 3.63) is 65.2 Å². The molecule has 0 radical (unpaired) electrons. The van der Waals surface area contributed by atoms with E-state index < -0.39 is 18.2 Å². The maximum absolute atomic E-state index is 13.6. The number of nitrogens with zero attached hydrogens (tertiary/aromatic N) is 3. The number of para-hydroxylation sites is 1. The molecule has 2 unspecified atom stereocenters. The quantitative estimate of drug-likeness (QED) is 0.574. The fourth-order valence-corrected chi connectivity index (χ4v) is 5.53. The van der Waals surface area contributed by atoms with Crippen LogP contribution in [-0.2, 0) is 22.6 Å². The van der Waals surface area contributed by atoms with Crippen LogP contribution in [0.15, 0.2) is 53.5 Å². The van der Waals surface area contributed by atoms with Crippen LogP contribution in [0.1, 0.15) is 62.1 Å². The molecule has 5 rings (SSSR count). The molecule has 2 heterocycles. The van der Waals surface area contributed by atoms with Crippen molar-refractivity contribution in [3.8, 4) is 0 Å². The number of nitrogens with one attached hydrogen (secondary N) is 1. The Bertz CT molecular complexity index is 1170. The first kappa shape index (κ1) is 25.5. The fraction of sp³-hybridized carbons (Fsp3) is 0.500. The first-order valence-electron chi connectivity index (χ1n) is 13.7. The van der Waals surface area contributed by atoms with E-state index in [4.69, 9.17) is 4.99 Å². The van der Waals surface area contributed by atoms with Crippen molar-refractivity contribution in [3.63, 3.8) is 0 Å². The number of unbranched alkanes of at least 4 members (excludes halogenated alkanes) is 1. The molecule has 7 heteroatoms. The molecule has 2 amide bonds. The number of benzodiazepines with no additional fused rings is 1. The van der Waals surface area contributed by atoms with Gasteiger partial charge in [-0.25, -0.2) is 4.99 Å². The molecule has 0 bridgehead atoms. The highest BCUT2D eigenvalue weighted by Gasteiger charge is 2.38. The minimum absolute atomic E-state index is 0.276. The van der Waals surface area contributed by atoms with E-state index in [1.807, 2.05) is 24.3 Å². The summed E-state index contributed by atoms with van der Waals surface area (Å²) in [6.45, 7) is 3.56. The number of amides is 2. The first-order valence-corrected chi connectivity index (χ1v) is 13.7. The third-order valence-electron chi connectivity index (χ3n) is 7.97. The predicted octanol–water partition coefficient (Wildman–Crippen LogP) is 3.88. The van der Waals surface area contributed by atoms with Crippen LogP contribution in [0.5, 0.6) is 0 Å². The van der Waals surface area contributed by atoms with E-state index in [1.165, 1.54) is 11.1 Å². The third-order valence-corrected chi connectivity index (χ3v) is 7.97. The average Bonchev–Trinajstić information content (AvgIpc) is 3.76. The van der Waals surface area contributed by atoms with Gasteiger partial charge in [-0.15, -0.1) is 0 Å². The van der Waals surface area contributed by atoms with Crippen LogP contribution in [-0.4, -0.2) is 53.5 Å². The lowest BCUT2D eigenvalue weighted by Crippen LogP contribution is -2.50. The van der Waals surface area contributed by atoms with Gasteiger partial charge in [-0.05, 0) is 48.4 Å². The third kappa shape index (κ3) is 5.57. The van der Waals surface area contributed by atoms with Gasteiger partial charge in [0.05, 0.1) is 17.7 Å². The number of aliphatic hydroxyl groups is 1. The zero-order chi connectivity index (χ0) is 25.9. The Kier molecular flexibility index (Phi) is 7.60. The highest BCUT2D eigenvalue weighted by Crippen LogP contribution is 2.37. The monoisotopic (exact) mass is 502 g/mol. The molecule has 2 aromatic rings. The van der Waals surface area contributed by atoms with Gasteiger partial charge in [0.25, 0.3) is 5.91 Å². The summed E-state index contributed by atoms with van der Waals surface area (Å²) in [6, 6.07) is 16.2. The highest BCUT2D eigenvalue weighted by molar-refractivity contribution is 6.12. The van der Waals surface area contributed by atoms with Gasteiger partial charge in [0, 0.05) is 25.7 Å². The van der Waals surface area contributed by atoms with Crippen molar-refractivity contribution in [2.45, 2.75) is 70.7 Å². The summed E-state index contributed by atoms with van der Waals surface area (Å²) in [6.07, 6.45) is 4.43. The first-order chi connectivity index (χ1) is 18.0. The van der Waals surface area contributed by atoms with Crippen molar-refractivity contribution >= 4 is 23.3 Å². The summed E-state index contributed by atoms with van der Waals surface area (Å²) >= 11 is 0. The number of carbonyl (C=O) groups is 2. The van der Waals surface area contributed by atoms with Crippen LogP contribution in [0.4, 0.5) is 5.69 Å². The van der Waals surface area contributed by atoms with E-state index in [1.54, 1.807) is 11.9 Å². The Morgan fingerprint density at radius 1 is 1.14 bits per heavy atom. The van der Waals surface area contributed by atoms with Gasteiger partial charge in [0.15, 0.2) is 0 Å². The second kappa shape index (κ2) is 11.1. The molecule has 0 aromatic heterocycles. The molecule has 2 N–H and O–H groups in total. The van der Waals surface area contributed by atoms with Crippen LogP contribution in [0, 0.1) is 11.8 Å². The van der Waals surface area contributed by atoms with Gasteiger partial charge < -0.3 is 20.2 Å². The molecule has 37 heavy (non-hydrogen) atoms. The van der Waals surface area contributed by atoms with Gasteiger partial charge in [-0.3, -0.25) is 9.59 Å². The van der Waals surface area contributed by atoms with Crippen molar-refractivity contribution in [2.75, 3.05) is 18.5 Å². The van der Waals surface area contributed by atoms with Crippen LogP contribution in [0.2, 0.25) is 0 Å². The maximum Gasteiger partial charge on any atom is 0.272 e. The fourth-order valence-electron chi connectivity index (χ4n) is 5.53. The van der Waals surface area contributed by atoms with Crippen molar-refractivity contribution < 1.29 is 14.7 Å². The van der Waals surface area contributed by atoms with E-state index in [2.05, 4.69) is 41.4 Å². The van der Waals surface area contributed by atoms with Crippen molar-refractivity contribution in [2.24, 2.45) is 16.8 Å². The zero-order valence-electron chi connectivity index (χ0n) is 21.9. The number of hydrogen-bond donors (Lipinski definition) is 2. The van der Waals surface area contributed by atoms with Gasteiger partial charge >= 0.3 is 0 Å². The highest BCUT2D eigenvalue weighted by atomic mass is 16.3. The Balaban J connectivity index is 1.45. The van der Waals surface area contributed by atoms with Crippen LogP contribution < -0.4 is 10.2 Å². The SMILES string of the molecule is CCCCC(O)C(CC1CC1)C(=O)N[C@H]1N=C(N2CCc3ccccc3C2)c2ccccc2N(C)C1=O. The molecular weight excluding hydrogens is 464 g/mol. The Hall–Kier alpha value is -3.19. The molecular formula is C30H38N4O3. The van der Waals surface area contributed by atoms with Crippen LogP contribution in [0.25, 0.3) is 0 Å².